The van der Waals surface area contributed by atoms with Gasteiger partial charge in [-0.05, 0) is 5.92 Å². The second kappa shape index (κ2) is 7.80. The SMILES string of the molecule is CCCCC(CC(F)(C(F)(F)F)C(F)(F)F)CC(F)(C(F)(F)F)C(F)(F)F. The van der Waals surface area contributed by atoms with Crippen molar-refractivity contribution in [3.8, 4) is 0 Å². The largest absolute Gasteiger partial charge is 0.431 e. The zero-order valence-corrected chi connectivity index (χ0v) is 13.4. The highest BCUT2D eigenvalue weighted by molar-refractivity contribution is 5.01. The van der Waals surface area contributed by atoms with Crippen molar-refractivity contribution in [2.75, 3.05) is 0 Å². The Labute approximate surface area is 143 Å². The van der Waals surface area contributed by atoms with Crippen LogP contribution in [0.4, 0.5) is 61.5 Å². The Morgan fingerprint density at radius 3 is 0.963 bits per heavy atom. The molecule has 0 bridgehead atoms. The Morgan fingerprint density at radius 2 is 0.778 bits per heavy atom. The molecule has 0 aromatic heterocycles. The standard InChI is InChI=1S/C13H14F14/c1-2-3-4-7(5-8(14,10(16,17)18)11(19,20)21)6-9(15,12(22,23)24)13(25,26)27/h7H,2-6H2,1H3. The van der Waals surface area contributed by atoms with Gasteiger partial charge in [-0.15, -0.1) is 0 Å². The molecular formula is C13H14F14. The number of halogens is 14. The first kappa shape index (κ1) is 26.0. The van der Waals surface area contributed by atoms with Gasteiger partial charge < -0.3 is 0 Å². The second-order valence-corrected chi connectivity index (χ2v) is 6.01. The molecule has 0 fully saturated rings. The molecule has 0 atom stereocenters. The molecule has 0 aliphatic rings. The molecule has 0 aliphatic heterocycles. The highest BCUT2D eigenvalue weighted by atomic mass is 19.4. The van der Waals surface area contributed by atoms with Crippen molar-refractivity contribution >= 4 is 0 Å². The topological polar surface area (TPSA) is 0 Å². The second-order valence-electron chi connectivity index (χ2n) is 6.01. The molecule has 0 radical (unpaired) electrons. The van der Waals surface area contributed by atoms with Crippen molar-refractivity contribution in [2.24, 2.45) is 5.92 Å². The van der Waals surface area contributed by atoms with Crippen molar-refractivity contribution in [1.29, 1.82) is 0 Å². The van der Waals surface area contributed by atoms with Gasteiger partial charge in [-0.1, -0.05) is 26.2 Å². The average Bonchev–Trinajstić information content (AvgIpc) is 2.39. The summed E-state index contributed by atoms with van der Waals surface area (Å²) < 4.78 is 178. The van der Waals surface area contributed by atoms with Crippen LogP contribution in [0.5, 0.6) is 0 Å². The lowest BCUT2D eigenvalue weighted by Gasteiger charge is -2.37. The maximum atomic E-state index is 13.7. The van der Waals surface area contributed by atoms with Gasteiger partial charge in [0.1, 0.15) is 0 Å². The van der Waals surface area contributed by atoms with Crippen LogP contribution in [0.25, 0.3) is 0 Å². The molecule has 0 unspecified atom stereocenters. The summed E-state index contributed by atoms with van der Waals surface area (Å²) in [6.07, 6.45) is -34.0. The van der Waals surface area contributed by atoms with Crippen LogP contribution in [-0.2, 0) is 0 Å². The third-order valence-electron chi connectivity index (χ3n) is 3.90. The van der Waals surface area contributed by atoms with Gasteiger partial charge in [0.05, 0.1) is 0 Å². The number of unbranched alkanes of at least 4 members (excludes halogenated alkanes) is 1. The molecule has 0 amide bonds. The zero-order chi connectivity index (χ0) is 22.1. The van der Waals surface area contributed by atoms with Gasteiger partial charge in [0, 0.05) is 12.8 Å². The van der Waals surface area contributed by atoms with E-state index in [2.05, 4.69) is 0 Å². The van der Waals surface area contributed by atoms with Gasteiger partial charge in [0.25, 0.3) is 11.3 Å². The number of hydrogen-bond donors (Lipinski definition) is 0. The van der Waals surface area contributed by atoms with Crippen LogP contribution in [0.2, 0.25) is 0 Å². The van der Waals surface area contributed by atoms with Crippen LogP contribution in [0.15, 0.2) is 0 Å². The molecular weight excluding hydrogens is 422 g/mol. The Balaban J connectivity index is 6.07. The molecule has 0 nitrogen and oxygen atoms in total. The van der Waals surface area contributed by atoms with E-state index in [0.29, 0.717) is 0 Å². The van der Waals surface area contributed by atoms with Crippen LogP contribution in [0, 0.1) is 5.92 Å². The fourth-order valence-corrected chi connectivity index (χ4v) is 2.35. The van der Waals surface area contributed by atoms with E-state index < -0.39 is 67.6 Å². The third-order valence-corrected chi connectivity index (χ3v) is 3.90. The minimum Gasteiger partial charge on any atom is -0.224 e. The Hall–Kier alpha value is -0.980. The molecule has 27 heavy (non-hydrogen) atoms. The van der Waals surface area contributed by atoms with Gasteiger partial charge in [-0.2, -0.15) is 52.7 Å². The summed E-state index contributed by atoms with van der Waals surface area (Å²) in [7, 11) is 0. The smallest absolute Gasteiger partial charge is 0.224 e. The molecule has 0 aromatic carbocycles. The van der Waals surface area contributed by atoms with Crippen LogP contribution in [0.1, 0.15) is 39.0 Å². The third kappa shape index (κ3) is 5.52. The fraction of sp³-hybridized carbons (Fsp3) is 1.00. The minimum atomic E-state index is -6.68. The summed E-state index contributed by atoms with van der Waals surface area (Å²) in [5.74, 6) is -2.84. The van der Waals surface area contributed by atoms with E-state index in [0.717, 1.165) is 0 Å². The molecule has 0 aliphatic carbocycles. The predicted molar refractivity (Wildman–Crippen MR) is 64.1 cm³/mol. The van der Waals surface area contributed by atoms with Gasteiger partial charge in [0.2, 0.25) is 0 Å². The summed E-state index contributed by atoms with van der Waals surface area (Å²) in [6.45, 7) is 1.27. The van der Waals surface area contributed by atoms with Crippen molar-refractivity contribution in [1.82, 2.24) is 0 Å². The van der Waals surface area contributed by atoms with Gasteiger partial charge in [0.15, 0.2) is 0 Å². The molecule has 0 saturated carbocycles. The van der Waals surface area contributed by atoms with Crippen molar-refractivity contribution < 1.29 is 61.5 Å². The molecule has 0 spiro atoms. The van der Waals surface area contributed by atoms with Crippen LogP contribution >= 0.6 is 0 Å². The fourth-order valence-electron chi connectivity index (χ4n) is 2.35. The van der Waals surface area contributed by atoms with E-state index >= 15 is 0 Å². The number of alkyl halides is 14. The lowest BCUT2D eigenvalue weighted by atomic mass is 9.80. The Kier molecular flexibility index (Phi) is 7.52. The summed E-state index contributed by atoms with van der Waals surface area (Å²) in [5, 5.41) is 0. The predicted octanol–water partition coefficient (Wildman–Crippen LogP) is 7.24. The lowest BCUT2D eigenvalue weighted by Crippen LogP contribution is -2.57. The van der Waals surface area contributed by atoms with Gasteiger partial charge in [-0.25, -0.2) is 8.78 Å². The summed E-state index contributed by atoms with van der Waals surface area (Å²) >= 11 is 0. The van der Waals surface area contributed by atoms with E-state index in [1.54, 1.807) is 0 Å². The van der Waals surface area contributed by atoms with Crippen molar-refractivity contribution in [3.63, 3.8) is 0 Å². The zero-order valence-electron chi connectivity index (χ0n) is 13.4. The van der Waals surface area contributed by atoms with Crippen molar-refractivity contribution in [2.45, 2.75) is 75.1 Å². The minimum absolute atomic E-state index is 0.0643. The summed E-state index contributed by atoms with van der Waals surface area (Å²) in [5.41, 5.74) is -12.2. The highest BCUT2D eigenvalue weighted by Gasteiger charge is 2.75. The monoisotopic (exact) mass is 436 g/mol. The average molecular weight is 436 g/mol. The highest BCUT2D eigenvalue weighted by Crippen LogP contribution is 2.54. The number of rotatable bonds is 7. The molecule has 14 heteroatoms. The first-order valence-electron chi connectivity index (χ1n) is 7.28. The molecule has 0 rings (SSSR count). The number of hydrogen-bond acceptors (Lipinski definition) is 0. The Bertz CT molecular complexity index is 397. The maximum Gasteiger partial charge on any atom is 0.431 e. The van der Waals surface area contributed by atoms with E-state index in [4.69, 9.17) is 0 Å². The van der Waals surface area contributed by atoms with Crippen LogP contribution < -0.4 is 0 Å². The Morgan fingerprint density at radius 1 is 0.519 bits per heavy atom. The van der Waals surface area contributed by atoms with Crippen LogP contribution in [0.3, 0.4) is 0 Å². The molecule has 0 saturated heterocycles. The lowest BCUT2D eigenvalue weighted by molar-refractivity contribution is -0.356. The van der Waals surface area contributed by atoms with Gasteiger partial charge in [-0.3, -0.25) is 0 Å². The summed E-state index contributed by atoms with van der Waals surface area (Å²) in [6, 6.07) is 0. The van der Waals surface area contributed by atoms with E-state index in [1.807, 2.05) is 0 Å². The van der Waals surface area contributed by atoms with E-state index in [-0.39, 0.29) is 6.42 Å². The molecule has 0 aromatic rings. The molecule has 0 heterocycles. The first-order chi connectivity index (χ1) is 11.6. The van der Waals surface area contributed by atoms with Gasteiger partial charge >= 0.3 is 24.7 Å². The first-order valence-corrected chi connectivity index (χ1v) is 7.28. The summed E-state index contributed by atoms with van der Waals surface area (Å²) in [4.78, 5) is 0. The maximum absolute atomic E-state index is 13.7. The van der Waals surface area contributed by atoms with Crippen LogP contribution in [-0.4, -0.2) is 36.0 Å². The normalized spacial score (nSPS) is 15.6. The van der Waals surface area contributed by atoms with Crippen molar-refractivity contribution in [3.05, 3.63) is 0 Å². The molecule has 0 N–H and O–H groups in total. The quantitative estimate of drug-likeness (QED) is 0.369. The molecule has 164 valence electrons. The van der Waals surface area contributed by atoms with E-state index in [9.17, 15) is 61.5 Å². The van der Waals surface area contributed by atoms with E-state index in [1.165, 1.54) is 6.92 Å².